The molecule has 0 radical (unpaired) electrons. The molecule has 130 valence electrons. The molecule has 0 aliphatic heterocycles. The Morgan fingerprint density at radius 2 is 1.08 bits per heavy atom. The summed E-state index contributed by atoms with van der Waals surface area (Å²) in [5.41, 5.74) is 4.88. The van der Waals surface area contributed by atoms with Crippen molar-refractivity contribution in [2.45, 2.75) is 12.8 Å². The summed E-state index contributed by atoms with van der Waals surface area (Å²) in [4.78, 5) is 0. The molecule has 2 heteroatoms. The molecular weight excluding hydrogens is 448 g/mol. The van der Waals surface area contributed by atoms with E-state index >= 15 is 0 Å². The zero-order chi connectivity index (χ0) is 18.4. The van der Waals surface area contributed by atoms with Gasteiger partial charge in [0, 0.05) is 14.9 Å². The zero-order valence-corrected chi connectivity index (χ0v) is 17.7. The van der Waals surface area contributed by atoms with Crippen molar-refractivity contribution in [1.82, 2.24) is 0 Å². The third-order valence-electron chi connectivity index (χ3n) is 4.21. The minimum absolute atomic E-state index is 0.153. The molecule has 3 aromatic rings. The number of halogens is 2. The summed E-state index contributed by atoms with van der Waals surface area (Å²) < 4.78 is 2.18. The maximum Gasteiger partial charge on any atom is 0.0226 e. The summed E-state index contributed by atoms with van der Waals surface area (Å²) in [6.45, 7) is 2.12. The van der Waals surface area contributed by atoms with Crippen LogP contribution < -0.4 is 0 Å². The summed E-state index contributed by atoms with van der Waals surface area (Å²) in [5.74, 6) is 0.153. The Kier molecular flexibility index (Phi) is 6.65. The van der Waals surface area contributed by atoms with E-state index in [1.54, 1.807) is 0 Å². The van der Waals surface area contributed by atoms with E-state index in [-0.39, 0.29) is 5.92 Å². The van der Waals surface area contributed by atoms with E-state index in [2.05, 4.69) is 124 Å². The Morgan fingerprint density at radius 1 is 0.654 bits per heavy atom. The fourth-order valence-corrected chi connectivity index (χ4v) is 3.83. The first kappa shape index (κ1) is 18.9. The van der Waals surface area contributed by atoms with Crippen molar-refractivity contribution < 1.29 is 0 Å². The molecule has 0 heterocycles. The standard InChI is InChI=1S/C24H20Br2/c1-18-12-14-19(15-13-18)22(16-23(25)20-8-4-2-5-9-20)17-24(26)21-10-6-3-7-11-21/h2-17,22H,1H3/b23-16-,24-17+. The molecule has 0 saturated heterocycles. The first-order chi connectivity index (χ1) is 12.6. The van der Waals surface area contributed by atoms with Gasteiger partial charge >= 0.3 is 0 Å². The molecule has 0 amide bonds. The van der Waals surface area contributed by atoms with Gasteiger partial charge in [0.05, 0.1) is 0 Å². The lowest BCUT2D eigenvalue weighted by molar-refractivity contribution is 1.09. The molecule has 1 unspecified atom stereocenters. The van der Waals surface area contributed by atoms with E-state index in [9.17, 15) is 0 Å². The summed E-state index contributed by atoms with van der Waals surface area (Å²) in [6.07, 6.45) is 4.51. The molecule has 0 fully saturated rings. The normalized spacial score (nSPS) is 13.5. The van der Waals surface area contributed by atoms with Crippen molar-refractivity contribution in [1.29, 1.82) is 0 Å². The summed E-state index contributed by atoms with van der Waals surface area (Å²) in [7, 11) is 0. The lowest BCUT2D eigenvalue weighted by Crippen LogP contribution is -1.94. The van der Waals surface area contributed by atoms with Gasteiger partial charge in [-0.25, -0.2) is 0 Å². The van der Waals surface area contributed by atoms with Crippen LogP contribution in [0.1, 0.15) is 28.2 Å². The average molecular weight is 468 g/mol. The first-order valence-corrected chi connectivity index (χ1v) is 10.1. The average Bonchev–Trinajstić information content (AvgIpc) is 2.69. The number of benzene rings is 3. The Bertz CT molecular complexity index is 836. The molecule has 0 saturated carbocycles. The number of hydrogen-bond acceptors (Lipinski definition) is 0. The van der Waals surface area contributed by atoms with Crippen molar-refractivity contribution in [2.75, 3.05) is 0 Å². The molecule has 3 rings (SSSR count). The predicted octanol–water partition coefficient (Wildman–Crippen LogP) is 7.95. The molecule has 1 atom stereocenters. The van der Waals surface area contributed by atoms with Gasteiger partial charge in [0.2, 0.25) is 0 Å². The number of allylic oxidation sites excluding steroid dienone is 2. The molecule has 0 aromatic heterocycles. The van der Waals surface area contributed by atoms with E-state index in [0.717, 1.165) is 8.96 Å². The predicted molar refractivity (Wildman–Crippen MR) is 121 cm³/mol. The summed E-state index contributed by atoms with van der Waals surface area (Å²) >= 11 is 7.52. The fraction of sp³-hybridized carbons (Fsp3) is 0.0833. The van der Waals surface area contributed by atoms with E-state index in [1.807, 2.05) is 12.1 Å². The van der Waals surface area contributed by atoms with Gasteiger partial charge in [-0.1, -0.05) is 135 Å². The number of aryl methyl sites for hydroxylation is 1. The van der Waals surface area contributed by atoms with Gasteiger partial charge in [-0.2, -0.15) is 0 Å². The topological polar surface area (TPSA) is 0 Å². The third-order valence-corrected chi connectivity index (χ3v) is 5.66. The van der Waals surface area contributed by atoms with Crippen LogP contribution in [0.5, 0.6) is 0 Å². The van der Waals surface area contributed by atoms with Crippen molar-refractivity contribution >= 4 is 40.8 Å². The number of hydrogen-bond donors (Lipinski definition) is 0. The Balaban J connectivity index is 2.01. The molecule has 0 nitrogen and oxygen atoms in total. The number of rotatable bonds is 5. The van der Waals surface area contributed by atoms with Crippen LogP contribution in [0.25, 0.3) is 8.96 Å². The van der Waals surface area contributed by atoms with E-state index < -0.39 is 0 Å². The Labute approximate surface area is 172 Å². The molecule has 0 aliphatic rings. The second-order valence-electron chi connectivity index (χ2n) is 6.20. The van der Waals surface area contributed by atoms with Gasteiger partial charge in [0.15, 0.2) is 0 Å². The quantitative estimate of drug-likeness (QED) is 0.357. The van der Waals surface area contributed by atoms with Crippen LogP contribution in [-0.2, 0) is 0 Å². The van der Waals surface area contributed by atoms with E-state index in [4.69, 9.17) is 0 Å². The third kappa shape index (κ3) is 5.06. The van der Waals surface area contributed by atoms with E-state index in [0.29, 0.717) is 0 Å². The summed E-state index contributed by atoms with van der Waals surface area (Å²) in [6, 6.07) is 29.5. The van der Waals surface area contributed by atoms with E-state index in [1.165, 1.54) is 22.3 Å². The van der Waals surface area contributed by atoms with Crippen LogP contribution >= 0.6 is 31.9 Å². The van der Waals surface area contributed by atoms with Crippen molar-refractivity contribution in [3.8, 4) is 0 Å². The SMILES string of the molecule is Cc1ccc(C(/C=C(\Br)c2ccccc2)/C=C(/Br)c2ccccc2)cc1. The van der Waals surface area contributed by atoms with Crippen LogP contribution in [-0.4, -0.2) is 0 Å². The van der Waals surface area contributed by atoms with Crippen molar-refractivity contribution in [3.63, 3.8) is 0 Å². The smallest absolute Gasteiger partial charge is 0.0226 e. The maximum absolute atomic E-state index is 3.76. The van der Waals surface area contributed by atoms with Gasteiger partial charge < -0.3 is 0 Å². The van der Waals surface area contributed by atoms with Crippen LogP contribution in [0.4, 0.5) is 0 Å². The van der Waals surface area contributed by atoms with Crippen LogP contribution in [0.2, 0.25) is 0 Å². The second-order valence-corrected chi connectivity index (χ2v) is 7.91. The van der Waals surface area contributed by atoms with Crippen LogP contribution in [0, 0.1) is 6.92 Å². The molecule has 0 spiro atoms. The van der Waals surface area contributed by atoms with Gasteiger partial charge in [0.1, 0.15) is 0 Å². The zero-order valence-electron chi connectivity index (χ0n) is 14.6. The highest BCUT2D eigenvalue weighted by Crippen LogP contribution is 2.32. The molecule has 0 bridgehead atoms. The highest BCUT2D eigenvalue weighted by atomic mass is 79.9. The lowest BCUT2D eigenvalue weighted by atomic mass is 9.95. The molecule has 0 N–H and O–H groups in total. The fourth-order valence-electron chi connectivity index (χ4n) is 2.73. The first-order valence-electron chi connectivity index (χ1n) is 8.55. The van der Waals surface area contributed by atoms with Gasteiger partial charge in [-0.3, -0.25) is 0 Å². The van der Waals surface area contributed by atoms with Crippen LogP contribution in [0.15, 0.2) is 97.1 Å². The maximum atomic E-state index is 3.76. The largest absolute Gasteiger partial charge is 0.0622 e. The second kappa shape index (κ2) is 9.16. The highest BCUT2D eigenvalue weighted by Gasteiger charge is 2.10. The summed E-state index contributed by atoms with van der Waals surface area (Å²) in [5, 5.41) is 0. The minimum Gasteiger partial charge on any atom is -0.0622 e. The Morgan fingerprint density at radius 3 is 1.50 bits per heavy atom. The molecule has 26 heavy (non-hydrogen) atoms. The molecule has 3 aromatic carbocycles. The van der Waals surface area contributed by atoms with Crippen molar-refractivity contribution in [2.24, 2.45) is 0 Å². The Hall–Kier alpha value is -1.90. The molecule has 0 aliphatic carbocycles. The lowest BCUT2D eigenvalue weighted by Gasteiger charge is -2.13. The molecular formula is C24H20Br2. The van der Waals surface area contributed by atoms with Gasteiger partial charge in [-0.05, 0) is 23.6 Å². The van der Waals surface area contributed by atoms with Gasteiger partial charge in [0.25, 0.3) is 0 Å². The van der Waals surface area contributed by atoms with Crippen LogP contribution in [0.3, 0.4) is 0 Å². The highest BCUT2D eigenvalue weighted by molar-refractivity contribution is 9.15. The van der Waals surface area contributed by atoms with Gasteiger partial charge in [-0.15, -0.1) is 0 Å². The minimum atomic E-state index is 0.153. The van der Waals surface area contributed by atoms with Crippen molar-refractivity contribution in [3.05, 3.63) is 119 Å². The monoisotopic (exact) mass is 466 g/mol.